The maximum atomic E-state index is 9.32. The summed E-state index contributed by atoms with van der Waals surface area (Å²) in [5.74, 6) is 0.683. The van der Waals surface area contributed by atoms with Gasteiger partial charge in [-0.15, -0.1) is 0 Å². The van der Waals surface area contributed by atoms with Crippen LogP contribution in [-0.2, 0) is 6.42 Å². The van der Waals surface area contributed by atoms with E-state index in [-0.39, 0.29) is 5.82 Å². The van der Waals surface area contributed by atoms with Crippen molar-refractivity contribution in [2.45, 2.75) is 19.4 Å². The standard InChI is InChI=1S/C12H11N3O3/c1-7(16)12-13-11(18-15-12)6-9-8-4-2-3-5-10(8)17-14-9/h2-5,7,16H,6H2,1H3. The summed E-state index contributed by atoms with van der Waals surface area (Å²) < 4.78 is 10.2. The highest BCUT2D eigenvalue weighted by Crippen LogP contribution is 2.20. The molecule has 0 saturated heterocycles. The maximum absolute atomic E-state index is 9.32. The van der Waals surface area contributed by atoms with Crippen LogP contribution in [0.5, 0.6) is 0 Å². The molecule has 0 radical (unpaired) electrons. The summed E-state index contributed by atoms with van der Waals surface area (Å²) in [6.45, 7) is 1.58. The number of rotatable bonds is 3. The van der Waals surface area contributed by atoms with Crippen LogP contribution < -0.4 is 0 Å². The largest absolute Gasteiger partial charge is 0.385 e. The Hall–Kier alpha value is -2.21. The van der Waals surface area contributed by atoms with Crippen LogP contribution in [0.15, 0.2) is 33.3 Å². The molecule has 0 saturated carbocycles. The number of hydrogen-bond acceptors (Lipinski definition) is 6. The minimum absolute atomic E-state index is 0.276. The lowest BCUT2D eigenvalue weighted by Crippen LogP contribution is -1.94. The van der Waals surface area contributed by atoms with Gasteiger partial charge in [0, 0.05) is 5.39 Å². The van der Waals surface area contributed by atoms with Gasteiger partial charge in [-0.3, -0.25) is 0 Å². The van der Waals surface area contributed by atoms with Crippen LogP contribution >= 0.6 is 0 Å². The predicted octanol–water partition coefficient (Wildman–Crippen LogP) is 1.85. The average Bonchev–Trinajstić information content (AvgIpc) is 2.98. The van der Waals surface area contributed by atoms with Gasteiger partial charge in [-0.1, -0.05) is 22.4 Å². The molecular weight excluding hydrogens is 234 g/mol. The summed E-state index contributed by atoms with van der Waals surface area (Å²) in [6.07, 6.45) is -0.354. The van der Waals surface area contributed by atoms with E-state index >= 15 is 0 Å². The van der Waals surface area contributed by atoms with E-state index in [9.17, 15) is 5.11 Å². The van der Waals surface area contributed by atoms with Gasteiger partial charge in [-0.05, 0) is 19.1 Å². The van der Waals surface area contributed by atoms with E-state index in [2.05, 4.69) is 15.3 Å². The molecule has 0 aliphatic rings. The smallest absolute Gasteiger partial charge is 0.232 e. The molecule has 3 aromatic rings. The van der Waals surface area contributed by atoms with E-state index in [0.717, 1.165) is 16.7 Å². The van der Waals surface area contributed by atoms with Crippen molar-refractivity contribution in [3.8, 4) is 0 Å². The Labute approximate surface area is 102 Å². The van der Waals surface area contributed by atoms with Gasteiger partial charge >= 0.3 is 0 Å². The van der Waals surface area contributed by atoms with Crippen LogP contribution in [0.3, 0.4) is 0 Å². The Morgan fingerprint density at radius 2 is 2.06 bits per heavy atom. The van der Waals surface area contributed by atoms with Gasteiger partial charge in [0.2, 0.25) is 5.89 Å². The van der Waals surface area contributed by atoms with Gasteiger partial charge in [-0.25, -0.2) is 0 Å². The normalized spacial score (nSPS) is 13.0. The molecule has 3 rings (SSSR count). The molecule has 6 heteroatoms. The highest BCUT2D eigenvalue weighted by Gasteiger charge is 2.14. The Balaban J connectivity index is 1.91. The summed E-state index contributed by atoms with van der Waals surface area (Å²) in [4.78, 5) is 4.08. The van der Waals surface area contributed by atoms with Crippen molar-refractivity contribution in [2.24, 2.45) is 0 Å². The molecule has 0 fully saturated rings. The maximum Gasteiger partial charge on any atom is 0.232 e. The number of aliphatic hydroxyl groups excluding tert-OH is 1. The summed E-state index contributed by atoms with van der Waals surface area (Å²) in [5, 5.41) is 17.9. The van der Waals surface area contributed by atoms with E-state index in [1.807, 2.05) is 24.3 Å². The molecule has 1 unspecified atom stereocenters. The molecule has 18 heavy (non-hydrogen) atoms. The molecule has 6 nitrogen and oxygen atoms in total. The second-order valence-electron chi connectivity index (χ2n) is 4.02. The molecule has 1 atom stereocenters. The zero-order valence-electron chi connectivity index (χ0n) is 9.70. The lowest BCUT2D eigenvalue weighted by Gasteiger charge is -1.92. The minimum Gasteiger partial charge on any atom is -0.385 e. The van der Waals surface area contributed by atoms with Crippen LogP contribution in [0, 0.1) is 0 Å². The average molecular weight is 245 g/mol. The first-order valence-electron chi connectivity index (χ1n) is 5.58. The quantitative estimate of drug-likeness (QED) is 0.758. The third-order valence-corrected chi connectivity index (χ3v) is 2.63. The number of aliphatic hydroxyl groups is 1. The van der Waals surface area contributed by atoms with E-state index in [1.54, 1.807) is 6.92 Å². The third-order valence-electron chi connectivity index (χ3n) is 2.63. The van der Waals surface area contributed by atoms with Gasteiger partial charge in [0.05, 0.1) is 6.42 Å². The second kappa shape index (κ2) is 4.23. The van der Waals surface area contributed by atoms with Crippen LogP contribution in [0.1, 0.15) is 30.4 Å². The molecule has 0 spiro atoms. The molecule has 0 bridgehead atoms. The van der Waals surface area contributed by atoms with E-state index in [0.29, 0.717) is 12.3 Å². The molecular formula is C12H11N3O3. The van der Waals surface area contributed by atoms with Gasteiger partial charge in [0.25, 0.3) is 0 Å². The second-order valence-corrected chi connectivity index (χ2v) is 4.02. The monoisotopic (exact) mass is 245 g/mol. The summed E-state index contributed by atoms with van der Waals surface area (Å²) in [5.41, 5.74) is 1.47. The molecule has 1 aromatic carbocycles. The van der Waals surface area contributed by atoms with Gasteiger partial charge in [0.15, 0.2) is 11.4 Å². The Kier molecular flexibility index (Phi) is 2.56. The molecule has 2 aromatic heterocycles. The Morgan fingerprint density at radius 1 is 1.22 bits per heavy atom. The van der Waals surface area contributed by atoms with Crippen molar-refractivity contribution in [2.75, 3.05) is 0 Å². The summed E-state index contributed by atoms with van der Waals surface area (Å²) >= 11 is 0. The lowest BCUT2D eigenvalue weighted by atomic mass is 10.2. The Bertz CT molecular complexity index is 672. The first-order chi connectivity index (χ1) is 8.74. The van der Waals surface area contributed by atoms with E-state index in [1.165, 1.54) is 0 Å². The van der Waals surface area contributed by atoms with Crippen LogP contribution in [-0.4, -0.2) is 20.4 Å². The first-order valence-corrected chi connectivity index (χ1v) is 5.58. The fraction of sp³-hybridized carbons (Fsp3) is 0.250. The number of nitrogens with zero attached hydrogens (tertiary/aromatic N) is 3. The predicted molar refractivity (Wildman–Crippen MR) is 61.7 cm³/mol. The van der Waals surface area contributed by atoms with Crippen LogP contribution in [0.25, 0.3) is 11.0 Å². The zero-order valence-corrected chi connectivity index (χ0v) is 9.70. The molecule has 2 heterocycles. The van der Waals surface area contributed by atoms with Crippen molar-refractivity contribution in [3.63, 3.8) is 0 Å². The van der Waals surface area contributed by atoms with Gasteiger partial charge < -0.3 is 14.2 Å². The summed E-state index contributed by atoms with van der Waals surface area (Å²) in [6, 6.07) is 7.57. The third kappa shape index (κ3) is 1.86. The molecule has 1 N–H and O–H groups in total. The van der Waals surface area contributed by atoms with Crippen molar-refractivity contribution in [3.05, 3.63) is 41.7 Å². The van der Waals surface area contributed by atoms with Crippen molar-refractivity contribution in [1.29, 1.82) is 0 Å². The number of hydrogen-bond donors (Lipinski definition) is 1. The van der Waals surface area contributed by atoms with Crippen LogP contribution in [0.2, 0.25) is 0 Å². The molecule has 0 aliphatic heterocycles. The minimum atomic E-state index is -0.739. The highest BCUT2D eigenvalue weighted by atomic mass is 16.5. The van der Waals surface area contributed by atoms with Crippen molar-refractivity contribution < 1.29 is 14.2 Å². The summed E-state index contributed by atoms with van der Waals surface area (Å²) in [7, 11) is 0. The van der Waals surface area contributed by atoms with E-state index in [4.69, 9.17) is 9.05 Å². The number of aromatic nitrogens is 3. The van der Waals surface area contributed by atoms with Gasteiger partial charge in [0.1, 0.15) is 11.8 Å². The lowest BCUT2D eigenvalue weighted by molar-refractivity contribution is 0.184. The number of fused-ring (bicyclic) bond motifs is 1. The number of benzene rings is 1. The molecule has 0 amide bonds. The fourth-order valence-electron chi connectivity index (χ4n) is 1.72. The SMILES string of the molecule is CC(O)c1noc(Cc2noc3ccccc23)n1. The first kappa shape index (κ1) is 10.9. The number of para-hydroxylation sites is 1. The molecule has 0 aliphatic carbocycles. The fourth-order valence-corrected chi connectivity index (χ4v) is 1.72. The van der Waals surface area contributed by atoms with Crippen molar-refractivity contribution in [1.82, 2.24) is 15.3 Å². The van der Waals surface area contributed by atoms with E-state index < -0.39 is 6.10 Å². The Morgan fingerprint density at radius 3 is 2.83 bits per heavy atom. The zero-order chi connectivity index (χ0) is 12.5. The highest BCUT2D eigenvalue weighted by molar-refractivity contribution is 5.79. The van der Waals surface area contributed by atoms with Gasteiger partial charge in [-0.2, -0.15) is 4.98 Å². The topological polar surface area (TPSA) is 85.2 Å². The molecule has 92 valence electrons. The van der Waals surface area contributed by atoms with Crippen molar-refractivity contribution >= 4 is 11.0 Å². The van der Waals surface area contributed by atoms with Crippen LogP contribution in [0.4, 0.5) is 0 Å².